The SMILES string of the molecule is COc1c(Cl)cc(Br)cc1/C=C(\C#N)C(=O)Nc1ccc(Cl)cc1. The Morgan fingerprint density at radius 1 is 1.29 bits per heavy atom. The van der Waals surface area contributed by atoms with Crippen molar-refractivity contribution in [3.05, 3.63) is 62.1 Å². The van der Waals surface area contributed by atoms with E-state index in [1.807, 2.05) is 6.07 Å². The summed E-state index contributed by atoms with van der Waals surface area (Å²) in [7, 11) is 1.46. The number of hydrogen-bond donors (Lipinski definition) is 1. The molecule has 0 bridgehead atoms. The van der Waals surface area contributed by atoms with Gasteiger partial charge in [-0.05, 0) is 42.5 Å². The Morgan fingerprint density at radius 2 is 1.96 bits per heavy atom. The maximum absolute atomic E-state index is 12.3. The van der Waals surface area contributed by atoms with E-state index in [4.69, 9.17) is 27.9 Å². The van der Waals surface area contributed by atoms with Crippen molar-refractivity contribution < 1.29 is 9.53 Å². The number of rotatable bonds is 4. The summed E-state index contributed by atoms with van der Waals surface area (Å²) in [6.45, 7) is 0. The van der Waals surface area contributed by atoms with Crippen molar-refractivity contribution in [1.29, 1.82) is 5.26 Å². The molecule has 0 spiro atoms. The number of methoxy groups -OCH3 is 1. The monoisotopic (exact) mass is 424 g/mol. The van der Waals surface area contributed by atoms with Crippen LogP contribution in [0.25, 0.3) is 6.08 Å². The third-order valence-corrected chi connectivity index (χ3v) is 4.00. The van der Waals surface area contributed by atoms with Crippen LogP contribution in [-0.2, 0) is 4.79 Å². The molecule has 0 aromatic heterocycles. The molecule has 0 radical (unpaired) electrons. The van der Waals surface area contributed by atoms with Crippen LogP contribution in [0.15, 0.2) is 46.4 Å². The fraction of sp³-hybridized carbons (Fsp3) is 0.0588. The van der Waals surface area contributed by atoms with Gasteiger partial charge in [-0.1, -0.05) is 39.1 Å². The van der Waals surface area contributed by atoms with Gasteiger partial charge in [-0.2, -0.15) is 5.26 Å². The number of carbonyl (C=O) groups is 1. The quantitative estimate of drug-likeness (QED) is 0.533. The average molecular weight is 426 g/mol. The number of benzene rings is 2. The van der Waals surface area contributed by atoms with Gasteiger partial charge in [0, 0.05) is 20.7 Å². The van der Waals surface area contributed by atoms with Crippen molar-refractivity contribution in [2.75, 3.05) is 12.4 Å². The molecule has 1 N–H and O–H groups in total. The number of carbonyl (C=O) groups excluding carboxylic acids is 1. The average Bonchev–Trinajstić information content (AvgIpc) is 2.54. The summed E-state index contributed by atoms with van der Waals surface area (Å²) in [4.78, 5) is 12.3. The van der Waals surface area contributed by atoms with E-state index in [1.54, 1.807) is 36.4 Å². The van der Waals surface area contributed by atoms with Crippen LogP contribution < -0.4 is 10.1 Å². The molecule has 0 aliphatic rings. The van der Waals surface area contributed by atoms with Crippen LogP contribution in [0.4, 0.5) is 5.69 Å². The lowest BCUT2D eigenvalue weighted by molar-refractivity contribution is -0.112. The van der Waals surface area contributed by atoms with Crippen molar-refractivity contribution in [2.45, 2.75) is 0 Å². The van der Waals surface area contributed by atoms with E-state index in [0.717, 1.165) is 0 Å². The van der Waals surface area contributed by atoms with Gasteiger partial charge < -0.3 is 10.1 Å². The molecule has 4 nitrogen and oxygen atoms in total. The number of amides is 1. The van der Waals surface area contributed by atoms with Crippen LogP contribution in [0, 0.1) is 11.3 Å². The second kappa shape index (κ2) is 8.20. The molecule has 0 saturated carbocycles. The van der Waals surface area contributed by atoms with Gasteiger partial charge in [-0.15, -0.1) is 0 Å². The smallest absolute Gasteiger partial charge is 0.266 e. The topological polar surface area (TPSA) is 62.1 Å². The molecule has 0 fully saturated rings. The zero-order valence-corrected chi connectivity index (χ0v) is 15.5. The van der Waals surface area contributed by atoms with Gasteiger partial charge in [-0.3, -0.25) is 4.79 Å². The summed E-state index contributed by atoms with van der Waals surface area (Å²) < 4.78 is 5.94. The Labute approximate surface area is 157 Å². The zero-order chi connectivity index (χ0) is 17.7. The van der Waals surface area contributed by atoms with Crippen LogP contribution in [0.1, 0.15) is 5.56 Å². The van der Waals surface area contributed by atoms with Crippen molar-refractivity contribution in [3.8, 4) is 11.8 Å². The van der Waals surface area contributed by atoms with Gasteiger partial charge in [0.25, 0.3) is 5.91 Å². The molecule has 1 amide bonds. The first-order valence-electron chi connectivity index (χ1n) is 6.66. The van der Waals surface area contributed by atoms with Crippen molar-refractivity contribution >= 4 is 56.8 Å². The number of halogens is 3. The van der Waals surface area contributed by atoms with Crippen molar-refractivity contribution in [1.82, 2.24) is 0 Å². The first-order chi connectivity index (χ1) is 11.4. The highest BCUT2D eigenvalue weighted by molar-refractivity contribution is 9.10. The largest absolute Gasteiger partial charge is 0.495 e. The maximum Gasteiger partial charge on any atom is 0.266 e. The highest BCUT2D eigenvalue weighted by atomic mass is 79.9. The molecule has 0 saturated heterocycles. The molecule has 7 heteroatoms. The lowest BCUT2D eigenvalue weighted by Gasteiger charge is -2.09. The van der Waals surface area contributed by atoms with Gasteiger partial charge in [0.2, 0.25) is 0 Å². The standard InChI is InChI=1S/C17H11BrCl2N2O2/c1-24-16-10(7-12(18)8-15(16)20)6-11(9-21)17(23)22-14-4-2-13(19)3-5-14/h2-8H,1H3,(H,22,23)/b11-6+. The molecule has 122 valence electrons. The van der Waals surface area contributed by atoms with Gasteiger partial charge in [0.15, 0.2) is 0 Å². The molecular weight excluding hydrogens is 415 g/mol. The lowest BCUT2D eigenvalue weighted by Crippen LogP contribution is -2.13. The van der Waals surface area contributed by atoms with Crippen molar-refractivity contribution in [3.63, 3.8) is 0 Å². The minimum Gasteiger partial charge on any atom is -0.495 e. The maximum atomic E-state index is 12.3. The third kappa shape index (κ3) is 4.51. The predicted octanol–water partition coefficient (Wildman–Crippen LogP) is 5.31. The van der Waals surface area contributed by atoms with Crippen LogP contribution >= 0.6 is 39.1 Å². The minimum atomic E-state index is -0.544. The second-order valence-electron chi connectivity index (χ2n) is 4.64. The van der Waals surface area contributed by atoms with Crippen LogP contribution in [0.2, 0.25) is 10.0 Å². The van der Waals surface area contributed by atoms with Gasteiger partial charge in [-0.25, -0.2) is 0 Å². The Kier molecular flexibility index (Phi) is 6.27. The molecule has 0 aliphatic heterocycles. The first-order valence-corrected chi connectivity index (χ1v) is 8.21. The number of ether oxygens (including phenoxy) is 1. The number of hydrogen-bond acceptors (Lipinski definition) is 3. The van der Waals surface area contributed by atoms with Crippen LogP contribution in [0.5, 0.6) is 5.75 Å². The van der Waals surface area contributed by atoms with E-state index >= 15 is 0 Å². The van der Waals surface area contributed by atoms with Crippen LogP contribution in [-0.4, -0.2) is 13.0 Å². The lowest BCUT2D eigenvalue weighted by atomic mass is 10.1. The van der Waals surface area contributed by atoms with Gasteiger partial charge in [0.1, 0.15) is 17.4 Å². The van der Waals surface area contributed by atoms with E-state index in [2.05, 4.69) is 21.2 Å². The van der Waals surface area contributed by atoms with Crippen LogP contribution in [0.3, 0.4) is 0 Å². The number of anilines is 1. The molecule has 0 atom stereocenters. The Balaban J connectivity index is 2.34. The second-order valence-corrected chi connectivity index (χ2v) is 6.40. The number of nitrogens with zero attached hydrogens (tertiary/aromatic N) is 1. The Morgan fingerprint density at radius 3 is 2.54 bits per heavy atom. The Hall–Kier alpha value is -2.00. The summed E-state index contributed by atoms with van der Waals surface area (Å²) in [5.41, 5.74) is 0.960. The highest BCUT2D eigenvalue weighted by Gasteiger charge is 2.13. The zero-order valence-electron chi connectivity index (χ0n) is 12.4. The summed E-state index contributed by atoms with van der Waals surface area (Å²) in [5.74, 6) is -0.162. The number of nitrogens with one attached hydrogen (secondary N) is 1. The fourth-order valence-electron chi connectivity index (χ4n) is 1.94. The number of nitriles is 1. The molecule has 2 aromatic carbocycles. The summed E-state index contributed by atoms with van der Waals surface area (Å²) in [6.07, 6.45) is 1.42. The Bertz CT molecular complexity index is 843. The molecular formula is C17H11BrCl2N2O2. The highest BCUT2D eigenvalue weighted by Crippen LogP contribution is 2.33. The van der Waals surface area contributed by atoms with E-state index in [9.17, 15) is 10.1 Å². The van der Waals surface area contributed by atoms with E-state index < -0.39 is 5.91 Å². The molecule has 0 heterocycles. The predicted molar refractivity (Wildman–Crippen MR) is 99.4 cm³/mol. The molecule has 2 aromatic rings. The van der Waals surface area contributed by atoms with Crippen molar-refractivity contribution in [2.24, 2.45) is 0 Å². The fourth-order valence-corrected chi connectivity index (χ4v) is 2.98. The summed E-state index contributed by atoms with van der Waals surface area (Å²) in [6, 6.07) is 11.8. The molecule has 0 aliphatic carbocycles. The molecule has 2 rings (SSSR count). The van der Waals surface area contributed by atoms with E-state index in [-0.39, 0.29) is 5.57 Å². The third-order valence-electron chi connectivity index (χ3n) is 3.01. The van der Waals surface area contributed by atoms with Gasteiger partial charge >= 0.3 is 0 Å². The van der Waals surface area contributed by atoms with E-state index in [1.165, 1.54) is 13.2 Å². The minimum absolute atomic E-state index is 0.0857. The van der Waals surface area contributed by atoms with Gasteiger partial charge in [0.05, 0.1) is 12.1 Å². The molecule has 0 unspecified atom stereocenters. The first kappa shape index (κ1) is 18.3. The van der Waals surface area contributed by atoms with E-state index in [0.29, 0.717) is 31.5 Å². The normalized spacial score (nSPS) is 10.9. The molecule has 24 heavy (non-hydrogen) atoms. The summed E-state index contributed by atoms with van der Waals surface area (Å²) in [5, 5.41) is 12.9. The summed E-state index contributed by atoms with van der Waals surface area (Å²) >= 11 is 15.2.